The average molecular weight is 166 g/mol. The third-order valence-electron chi connectivity index (χ3n) is 1.38. The molecule has 0 atom stereocenters. The number of anilines is 1. The van der Waals surface area contributed by atoms with Crippen molar-refractivity contribution in [2.75, 3.05) is 12.4 Å². The maximum atomic E-state index is 4.14. The van der Waals surface area contributed by atoms with E-state index in [0.29, 0.717) is 0 Å². The summed E-state index contributed by atoms with van der Waals surface area (Å²) in [6.45, 7) is 0. The predicted molar refractivity (Wildman–Crippen MR) is 44.8 cm³/mol. The van der Waals surface area contributed by atoms with Crippen molar-refractivity contribution in [3.63, 3.8) is 0 Å². The Labute approximate surface area is 67.5 Å². The topological polar surface area (TPSA) is 50.7 Å². The van der Waals surface area contributed by atoms with Crippen LogP contribution in [0.3, 0.4) is 0 Å². The van der Waals surface area contributed by atoms with Gasteiger partial charge in [-0.15, -0.1) is 0 Å². The van der Waals surface area contributed by atoms with Gasteiger partial charge in [-0.25, -0.2) is 9.97 Å². The molecule has 11 heavy (non-hydrogen) atoms. The lowest BCUT2D eigenvalue weighted by molar-refractivity contribution is 1.22. The van der Waals surface area contributed by atoms with Crippen LogP contribution in [0.15, 0.2) is 12.5 Å². The highest BCUT2D eigenvalue weighted by Crippen LogP contribution is 2.22. The maximum Gasteiger partial charge on any atom is 0.166 e. The summed E-state index contributed by atoms with van der Waals surface area (Å²) in [5.74, 6) is 0.826. The summed E-state index contributed by atoms with van der Waals surface area (Å²) < 4.78 is 5.15. The van der Waals surface area contributed by atoms with Gasteiger partial charge >= 0.3 is 0 Å². The van der Waals surface area contributed by atoms with Gasteiger partial charge in [-0.3, -0.25) is 0 Å². The van der Waals surface area contributed by atoms with E-state index in [1.165, 1.54) is 17.9 Å². The molecule has 4 nitrogen and oxygen atoms in total. The Bertz CT molecular complexity index is 369. The first-order valence-electron chi connectivity index (χ1n) is 3.15. The molecule has 2 aromatic heterocycles. The van der Waals surface area contributed by atoms with E-state index in [2.05, 4.69) is 19.7 Å². The number of nitrogens with zero attached hydrogens (tertiary/aromatic N) is 3. The molecule has 0 amide bonds. The number of aromatic nitrogens is 3. The minimum absolute atomic E-state index is 0.826. The van der Waals surface area contributed by atoms with Crippen LogP contribution in [0, 0.1) is 0 Å². The number of nitrogens with one attached hydrogen (secondary N) is 1. The van der Waals surface area contributed by atoms with Crippen LogP contribution in [0.2, 0.25) is 0 Å². The lowest BCUT2D eigenvalue weighted by Gasteiger charge is -1.90. The Kier molecular flexibility index (Phi) is 1.43. The minimum atomic E-state index is 0.826. The van der Waals surface area contributed by atoms with Gasteiger partial charge in [-0.2, -0.15) is 4.37 Å². The molecule has 2 heterocycles. The lowest BCUT2D eigenvalue weighted by Crippen LogP contribution is -1.88. The lowest BCUT2D eigenvalue weighted by atomic mass is 10.5. The molecule has 0 aromatic carbocycles. The van der Waals surface area contributed by atoms with Gasteiger partial charge in [-0.1, -0.05) is 0 Å². The van der Waals surface area contributed by atoms with E-state index in [-0.39, 0.29) is 0 Å². The van der Waals surface area contributed by atoms with Crippen molar-refractivity contribution in [1.82, 2.24) is 14.3 Å². The average Bonchev–Trinajstić information content (AvgIpc) is 2.47. The maximum absolute atomic E-state index is 4.14. The third kappa shape index (κ3) is 0.932. The van der Waals surface area contributed by atoms with E-state index in [1.54, 1.807) is 6.20 Å². The van der Waals surface area contributed by atoms with E-state index in [1.807, 2.05) is 7.05 Å². The van der Waals surface area contributed by atoms with Crippen molar-refractivity contribution in [2.45, 2.75) is 0 Å². The fourth-order valence-electron chi connectivity index (χ4n) is 0.864. The van der Waals surface area contributed by atoms with E-state index in [9.17, 15) is 0 Å². The first kappa shape index (κ1) is 6.48. The zero-order valence-electron chi connectivity index (χ0n) is 5.90. The van der Waals surface area contributed by atoms with Crippen molar-refractivity contribution < 1.29 is 0 Å². The van der Waals surface area contributed by atoms with E-state index in [4.69, 9.17) is 0 Å². The Morgan fingerprint density at radius 2 is 2.45 bits per heavy atom. The molecule has 0 radical (unpaired) electrons. The standard InChI is InChI=1S/C6H6N4S/c1-7-6-5-4(11-10-6)2-8-3-9-5/h2-3H,1H3,(H,7,10). The second-order valence-electron chi connectivity index (χ2n) is 2.02. The summed E-state index contributed by atoms with van der Waals surface area (Å²) in [7, 11) is 1.83. The smallest absolute Gasteiger partial charge is 0.166 e. The largest absolute Gasteiger partial charge is 0.370 e. The molecule has 0 unspecified atom stereocenters. The molecule has 1 N–H and O–H groups in total. The number of hydrogen-bond donors (Lipinski definition) is 1. The zero-order chi connectivity index (χ0) is 7.68. The van der Waals surface area contributed by atoms with Crippen molar-refractivity contribution in [3.8, 4) is 0 Å². The molecule has 0 aliphatic carbocycles. The molecule has 0 bridgehead atoms. The van der Waals surface area contributed by atoms with Gasteiger partial charge in [0, 0.05) is 13.2 Å². The predicted octanol–water partition coefficient (Wildman–Crippen LogP) is 1.13. The van der Waals surface area contributed by atoms with Crippen LogP contribution in [-0.4, -0.2) is 21.4 Å². The number of rotatable bonds is 1. The summed E-state index contributed by atoms with van der Waals surface area (Å²) in [6.07, 6.45) is 3.29. The molecular weight excluding hydrogens is 160 g/mol. The van der Waals surface area contributed by atoms with E-state index in [0.717, 1.165) is 16.0 Å². The van der Waals surface area contributed by atoms with Gasteiger partial charge in [-0.05, 0) is 11.5 Å². The first-order valence-corrected chi connectivity index (χ1v) is 3.92. The fraction of sp³-hybridized carbons (Fsp3) is 0.167. The molecule has 0 spiro atoms. The highest BCUT2D eigenvalue weighted by Gasteiger charge is 2.03. The van der Waals surface area contributed by atoms with Gasteiger partial charge in [0.2, 0.25) is 0 Å². The van der Waals surface area contributed by atoms with Crippen molar-refractivity contribution in [1.29, 1.82) is 0 Å². The van der Waals surface area contributed by atoms with E-state index >= 15 is 0 Å². The molecule has 5 heteroatoms. The summed E-state index contributed by atoms with van der Waals surface area (Å²) in [6, 6.07) is 0. The van der Waals surface area contributed by atoms with Gasteiger partial charge in [0.1, 0.15) is 11.8 Å². The Balaban J connectivity index is 2.76. The van der Waals surface area contributed by atoms with Crippen molar-refractivity contribution >= 4 is 27.6 Å². The Hall–Kier alpha value is -1.23. The fourth-order valence-corrected chi connectivity index (χ4v) is 1.57. The third-order valence-corrected chi connectivity index (χ3v) is 2.14. The number of hydrogen-bond acceptors (Lipinski definition) is 5. The summed E-state index contributed by atoms with van der Waals surface area (Å²) in [4.78, 5) is 7.98. The van der Waals surface area contributed by atoms with Gasteiger partial charge in [0.15, 0.2) is 5.82 Å². The van der Waals surface area contributed by atoms with Crippen LogP contribution in [0.25, 0.3) is 10.2 Å². The van der Waals surface area contributed by atoms with Crippen LogP contribution >= 0.6 is 11.5 Å². The van der Waals surface area contributed by atoms with Crippen molar-refractivity contribution in [3.05, 3.63) is 12.5 Å². The molecular formula is C6H6N4S. The molecule has 0 fully saturated rings. The molecule has 56 valence electrons. The van der Waals surface area contributed by atoms with E-state index < -0.39 is 0 Å². The highest BCUT2D eigenvalue weighted by atomic mass is 32.1. The van der Waals surface area contributed by atoms with Gasteiger partial charge in [0.05, 0.1) is 4.70 Å². The second-order valence-corrected chi connectivity index (χ2v) is 2.82. The zero-order valence-corrected chi connectivity index (χ0v) is 6.72. The molecule has 0 aliphatic heterocycles. The monoisotopic (exact) mass is 166 g/mol. The molecule has 0 saturated heterocycles. The van der Waals surface area contributed by atoms with Gasteiger partial charge < -0.3 is 5.32 Å². The molecule has 0 aliphatic rings. The van der Waals surface area contributed by atoms with Crippen LogP contribution in [0.5, 0.6) is 0 Å². The number of fused-ring (bicyclic) bond motifs is 1. The Morgan fingerprint density at radius 3 is 3.27 bits per heavy atom. The van der Waals surface area contributed by atoms with Crippen LogP contribution < -0.4 is 5.32 Å². The quantitative estimate of drug-likeness (QED) is 0.690. The van der Waals surface area contributed by atoms with Gasteiger partial charge in [0.25, 0.3) is 0 Å². The van der Waals surface area contributed by atoms with Crippen LogP contribution in [0.1, 0.15) is 0 Å². The van der Waals surface area contributed by atoms with Crippen LogP contribution in [0.4, 0.5) is 5.82 Å². The summed E-state index contributed by atoms with van der Waals surface area (Å²) >= 11 is 1.40. The molecule has 2 rings (SSSR count). The van der Waals surface area contributed by atoms with Crippen LogP contribution in [-0.2, 0) is 0 Å². The SMILES string of the molecule is CNc1nsc2cncnc12. The summed E-state index contributed by atoms with van der Waals surface area (Å²) in [5.41, 5.74) is 0.896. The Morgan fingerprint density at radius 1 is 1.55 bits per heavy atom. The second kappa shape index (κ2) is 2.43. The molecule has 0 saturated carbocycles. The molecule has 2 aromatic rings. The minimum Gasteiger partial charge on any atom is -0.370 e. The highest BCUT2D eigenvalue weighted by molar-refractivity contribution is 7.13. The summed E-state index contributed by atoms with van der Waals surface area (Å²) in [5, 5.41) is 2.96. The van der Waals surface area contributed by atoms with Crippen molar-refractivity contribution in [2.24, 2.45) is 0 Å². The first-order chi connectivity index (χ1) is 5.42. The normalized spacial score (nSPS) is 10.3.